The third-order valence-corrected chi connectivity index (χ3v) is 7.27. The Balaban J connectivity index is 1.19. The van der Waals surface area contributed by atoms with Crippen LogP contribution in [0.1, 0.15) is 28.4 Å². The number of benzene rings is 4. The molecule has 0 aliphatic rings. The Bertz CT molecular complexity index is 1680. The highest BCUT2D eigenvalue weighted by Crippen LogP contribution is 2.37. The molecule has 4 aromatic carbocycles. The molecule has 0 spiro atoms. The molecule has 5 aromatic rings. The monoisotopic (exact) mass is 616 g/mol. The van der Waals surface area contributed by atoms with Crippen molar-refractivity contribution >= 4 is 57.5 Å². The lowest BCUT2D eigenvalue weighted by Gasteiger charge is -2.14. The summed E-state index contributed by atoms with van der Waals surface area (Å²) in [5.41, 5.74) is 7.28. The van der Waals surface area contributed by atoms with Crippen molar-refractivity contribution in [3.63, 3.8) is 0 Å². The lowest BCUT2D eigenvalue weighted by Crippen LogP contribution is -2.17. The Morgan fingerprint density at radius 2 is 1.74 bits per heavy atom. The largest absolute Gasteiger partial charge is 0.490 e. The number of amides is 1. The fourth-order valence-corrected chi connectivity index (χ4v) is 5.08. The predicted molar refractivity (Wildman–Crippen MR) is 171 cm³/mol. The van der Waals surface area contributed by atoms with Gasteiger partial charge < -0.3 is 14.8 Å². The molecular formula is C32H26Cl2N4O3S. The topological polar surface area (TPSA) is 84.8 Å². The number of aromatic nitrogens is 1. The lowest BCUT2D eigenvalue weighted by atomic mass is 10.1. The van der Waals surface area contributed by atoms with Crippen LogP contribution in [0, 0.1) is 0 Å². The summed E-state index contributed by atoms with van der Waals surface area (Å²) in [7, 11) is 0. The number of anilines is 2. The quantitative estimate of drug-likeness (QED) is 0.115. The summed E-state index contributed by atoms with van der Waals surface area (Å²) < 4.78 is 11.7. The highest BCUT2D eigenvalue weighted by Gasteiger charge is 2.13. The summed E-state index contributed by atoms with van der Waals surface area (Å²) in [5, 5.41) is 11.1. The minimum absolute atomic E-state index is 0.347. The molecule has 0 saturated heterocycles. The number of carbonyl (C=O) groups excluding carboxylic acids is 1. The molecule has 0 aliphatic carbocycles. The molecule has 1 amide bonds. The number of thiazole rings is 1. The Morgan fingerprint density at radius 1 is 0.976 bits per heavy atom. The molecule has 2 N–H and O–H groups in total. The second-order valence-corrected chi connectivity index (χ2v) is 10.7. The van der Waals surface area contributed by atoms with E-state index in [0.717, 1.165) is 27.6 Å². The van der Waals surface area contributed by atoms with Crippen LogP contribution in [0.3, 0.4) is 0 Å². The van der Waals surface area contributed by atoms with Crippen LogP contribution in [0.4, 0.5) is 10.8 Å². The fraction of sp³-hybridized carbons (Fsp3) is 0.0938. The first-order valence-electron chi connectivity index (χ1n) is 13.0. The van der Waals surface area contributed by atoms with Crippen molar-refractivity contribution in [3.8, 4) is 22.8 Å². The number of rotatable bonds is 11. The number of carbonyl (C=O) groups is 1. The smallest absolute Gasteiger partial charge is 0.271 e. The van der Waals surface area contributed by atoms with Crippen molar-refractivity contribution in [1.82, 2.24) is 10.4 Å². The maximum absolute atomic E-state index is 12.7. The first-order chi connectivity index (χ1) is 20.5. The van der Waals surface area contributed by atoms with Crippen LogP contribution in [0.15, 0.2) is 101 Å². The van der Waals surface area contributed by atoms with Gasteiger partial charge in [0.1, 0.15) is 6.61 Å². The normalized spacial score (nSPS) is 10.9. The Kier molecular flexibility index (Phi) is 9.71. The van der Waals surface area contributed by atoms with Crippen LogP contribution >= 0.6 is 34.5 Å². The third-order valence-electron chi connectivity index (χ3n) is 5.98. The van der Waals surface area contributed by atoms with E-state index in [4.69, 9.17) is 32.7 Å². The average Bonchev–Trinajstić information content (AvgIpc) is 3.47. The van der Waals surface area contributed by atoms with Gasteiger partial charge in [-0.15, -0.1) is 11.3 Å². The molecule has 10 heteroatoms. The van der Waals surface area contributed by atoms with Gasteiger partial charge in [0.25, 0.3) is 5.91 Å². The molecule has 0 fully saturated rings. The van der Waals surface area contributed by atoms with Gasteiger partial charge in [0.15, 0.2) is 16.6 Å². The van der Waals surface area contributed by atoms with Crippen LogP contribution in [-0.2, 0) is 6.61 Å². The van der Waals surface area contributed by atoms with Crippen LogP contribution < -0.4 is 20.2 Å². The molecule has 0 saturated carbocycles. The van der Waals surface area contributed by atoms with Gasteiger partial charge in [-0.1, -0.05) is 65.7 Å². The van der Waals surface area contributed by atoms with Gasteiger partial charge in [0.05, 0.1) is 23.5 Å². The van der Waals surface area contributed by atoms with E-state index in [2.05, 4.69) is 20.8 Å². The summed E-state index contributed by atoms with van der Waals surface area (Å²) in [6, 6.07) is 27.8. The van der Waals surface area contributed by atoms with E-state index in [1.54, 1.807) is 24.3 Å². The second-order valence-electron chi connectivity index (χ2n) is 8.98. The van der Waals surface area contributed by atoms with Gasteiger partial charge in [-0.05, 0) is 66.6 Å². The number of ether oxygens (including phenoxy) is 2. The zero-order valence-electron chi connectivity index (χ0n) is 22.5. The van der Waals surface area contributed by atoms with Gasteiger partial charge in [-0.3, -0.25) is 4.79 Å². The molecule has 0 aliphatic heterocycles. The third kappa shape index (κ3) is 7.67. The zero-order chi connectivity index (χ0) is 29.3. The zero-order valence-corrected chi connectivity index (χ0v) is 24.8. The molecule has 42 heavy (non-hydrogen) atoms. The molecule has 1 aromatic heterocycles. The van der Waals surface area contributed by atoms with E-state index >= 15 is 0 Å². The molecule has 0 radical (unpaired) electrons. The van der Waals surface area contributed by atoms with Crippen LogP contribution in [-0.4, -0.2) is 23.7 Å². The van der Waals surface area contributed by atoms with Gasteiger partial charge in [-0.25, -0.2) is 10.4 Å². The van der Waals surface area contributed by atoms with Crippen molar-refractivity contribution in [2.24, 2.45) is 5.10 Å². The maximum atomic E-state index is 12.7. The van der Waals surface area contributed by atoms with E-state index in [1.807, 2.05) is 79.0 Å². The highest BCUT2D eigenvalue weighted by molar-refractivity contribution is 7.14. The summed E-state index contributed by atoms with van der Waals surface area (Å²) >= 11 is 14.0. The van der Waals surface area contributed by atoms with Crippen molar-refractivity contribution in [1.29, 1.82) is 0 Å². The molecule has 0 bridgehead atoms. The number of halogens is 2. The van der Waals surface area contributed by atoms with Gasteiger partial charge in [0, 0.05) is 27.2 Å². The number of nitrogens with one attached hydrogen (secondary N) is 2. The first-order valence-corrected chi connectivity index (χ1v) is 14.7. The molecule has 212 valence electrons. The van der Waals surface area contributed by atoms with E-state index < -0.39 is 0 Å². The van der Waals surface area contributed by atoms with Crippen molar-refractivity contribution < 1.29 is 14.3 Å². The predicted octanol–water partition coefficient (Wildman–Crippen LogP) is 8.60. The minimum atomic E-state index is -0.347. The summed E-state index contributed by atoms with van der Waals surface area (Å²) in [6.45, 7) is 2.67. The molecule has 7 nitrogen and oxygen atoms in total. The Labute approximate surface area is 257 Å². The van der Waals surface area contributed by atoms with Crippen molar-refractivity contribution in [2.75, 3.05) is 11.9 Å². The first kappa shape index (κ1) is 29.1. The molecule has 0 atom stereocenters. The number of nitrogens with zero attached hydrogens (tertiary/aromatic N) is 2. The average molecular weight is 618 g/mol. The van der Waals surface area contributed by atoms with Gasteiger partial charge in [-0.2, -0.15) is 5.10 Å². The maximum Gasteiger partial charge on any atom is 0.271 e. The molecular weight excluding hydrogens is 591 g/mol. The van der Waals surface area contributed by atoms with E-state index in [0.29, 0.717) is 45.9 Å². The number of hydrazone groups is 1. The lowest BCUT2D eigenvalue weighted by molar-refractivity contribution is 0.0955. The summed E-state index contributed by atoms with van der Waals surface area (Å²) in [4.78, 5) is 17.3. The van der Waals surface area contributed by atoms with Gasteiger partial charge >= 0.3 is 0 Å². The number of hydrogen-bond donors (Lipinski definition) is 2. The van der Waals surface area contributed by atoms with Crippen LogP contribution in [0.5, 0.6) is 11.5 Å². The van der Waals surface area contributed by atoms with Crippen LogP contribution in [0.25, 0.3) is 11.3 Å². The summed E-state index contributed by atoms with van der Waals surface area (Å²) in [5.74, 6) is 0.606. The molecule has 5 rings (SSSR count). The van der Waals surface area contributed by atoms with E-state index in [1.165, 1.54) is 17.6 Å². The van der Waals surface area contributed by atoms with E-state index in [-0.39, 0.29) is 5.91 Å². The Hall–Kier alpha value is -4.37. The SMILES string of the molecule is CCOc1cc(/C=N\NC(=O)c2ccc(-c3csc(Nc4ccc(Cl)cc4)n3)cc2)cc(Cl)c1OCc1ccccc1. The van der Waals surface area contributed by atoms with E-state index in [9.17, 15) is 4.79 Å². The second kappa shape index (κ2) is 14.0. The Morgan fingerprint density at radius 3 is 2.48 bits per heavy atom. The van der Waals surface area contributed by atoms with Crippen molar-refractivity contribution in [3.05, 3.63) is 123 Å². The van der Waals surface area contributed by atoms with Crippen LogP contribution in [0.2, 0.25) is 10.0 Å². The van der Waals surface area contributed by atoms with Gasteiger partial charge in [0.2, 0.25) is 0 Å². The standard InChI is InChI=1S/C32H26Cl2N4O3S/c1-2-40-29-17-22(16-27(34)30(29)41-19-21-6-4-3-5-7-21)18-35-38-31(39)24-10-8-23(9-11-24)28-20-42-32(37-28)36-26-14-12-25(33)13-15-26/h3-18,20H,2,19H2,1H3,(H,36,37)(H,38,39)/b35-18-. The minimum Gasteiger partial charge on any atom is -0.490 e. The summed E-state index contributed by atoms with van der Waals surface area (Å²) in [6.07, 6.45) is 1.51. The highest BCUT2D eigenvalue weighted by atomic mass is 35.5. The number of hydrogen-bond acceptors (Lipinski definition) is 7. The fourth-order valence-electron chi connectivity index (χ4n) is 3.94. The van der Waals surface area contributed by atoms with Crippen molar-refractivity contribution in [2.45, 2.75) is 13.5 Å². The molecule has 1 heterocycles. The molecule has 0 unspecified atom stereocenters.